The summed E-state index contributed by atoms with van der Waals surface area (Å²) in [4.78, 5) is 0. The Morgan fingerprint density at radius 2 is 1.00 bits per heavy atom. The average Bonchev–Trinajstić information content (AvgIpc) is 2.61. The second kappa shape index (κ2) is 9.80. The molecule has 0 N–H and O–H groups in total. The number of alkyl halides is 16. The van der Waals surface area contributed by atoms with Crippen LogP contribution in [0.4, 0.5) is 70.2 Å². The molecule has 0 aliphatic carbocycles. The number of para-hydroxylation sites is 1. The molecule has 0 saturated carbocycles. The van der Waals surface area contributed by atoms with E-state index < -0.39 is 78.1 Å². The predicted octanol–water partition coefficient (Wildman–Crippen LogP) is 8.13. The summed E-state index contributed by atoms with van der Waals surface area (Å²) in [5.74, 6) is -17.0. The van der Waals surface area contributed by atoms with Gasteiger partial charge in [-0.15, -0.1) is 0 Å². The Balaban J connectivity index is 3.34. The molecule has 1 aromatic rings. The van der Waals surface area contributed by atoms with Gasteiger partial charge in [0.25, 0.3) is 0 Å². The monoisotopic (exact) mass is 572 g/mol. The zero-order valence-electron chi connectivity index (χ0n) is 16.0. The van der Waals surface area contributed by atoms with E-state index in [2.05, 4.69) is 9.47 Å². The zero-order chi connectivity index (χ0) is 27.8. The molecule has 0 saturated heterocycles. The second-order valence-electron chi connectivity index (χ2n) is 6.62. The summed E-state index contributed by atoms with van der Waals surface area (Å²) in [5.41, 5.74) is 0. The molecule has 0 aliphatic heterocycles. The topological polar surface area (TPSA) is 18.5 Å². The Labute approximate surface area is 188 Å². The first-order valence-electron chi connectivity index (χ1n) is 8.43. The Kier molecular flexibility index (Phi) is 8.69. The van der Waals surface area contributed by atoms with Crippen LogP contribution in [0.3, 0.4) is 0 Å². The lowest BCUT2D eigenvalue weighted by Crippen LogP contribution is -2.53. The molecule has 1 rings (SSSR count). The molecule has 0 radical (unpaired) electrons. The molecule has 0 fully saturated rings. The van der Waals surface area contributed by atoms with Gasteiger partial charge >= 0.3 is 36.4 Å². The fraction of sp³-hybridized carbons (Fsp3) is 0.625. The van der Waals surface area contributed by atoms with Gasteiger partial charge in [-0.3, -0.25) is 0 Å². The van der Waals surface area contributed by atoms with Crippen LogP contribution in [-0.2, 0) is 0 Å². The first-order chi connectivity index (χ1) is 15.3. The van der Waals surface area contributed by atoms with Crippen molar-refractivity contribution < 1.29 is 79.7 Å². The summed E-state index contributed by atoms with van der Waals surface area (Å²) in [6.07, 6.45) is -39.7. The van der Waals surface area contributed by atoms with Gasteiger partial charge < -0.3 is 9.47 Å². The van der Waals surface area contributed by atoms with Crippen LogP contribution >= 0.6 is 11.6 Å². The first-order valence-corrected chi connectivity index (χ1v) is 8.81. The normalized spacial score (nSPS) is 16.1. The molecule has 19 heteroatoms. The molecule has 0 amide bonds. The van der Waals surface area contributed by atoms with E-state index in [1.165, 1.54) is 0 Å². The Morgan fingerprint density at radius 3 is 1.37 bits per heavy atom. The Hall–Kier alpha value is -2.01. The van der Waals surface area contributed by atoms with E-state index in [0.29, 0.717) is 12.1 Å². The zero-order valence-corrected chi connectivity index (χ0v) is 16.8. The van der Waals surface area contributed by atoms with Gasteiger partial charge in [-0.1, -0.05) is 17.7 Å². The highest BCUT2D eigenvalue weighted by Gasteiger charge is 2.68. The van der Waals surface area contributed by atoms with Crippen molar-refractivity contribution in [2.24, 2.45) is 0 Å². The van der Waals surface area contributed by atoms with E-state index in [0.717, 1.165) is 0 Å². The van der Waals surface area contributed by atoms with Gasteiger partial charge in [-0.25, -0.2) is 8.78 Å². The lowest BCUT2D eigenvalue weighted by Gasteiger charge is -2.32. The number of hydrogen-bond donors (Lipinski definition) is 0. The van der Waals surface area contributed by atoms with Crippen LogP contribution in [0.1, 0.15) is 12.8 Å². The molecule has 2 atom stereocenters. The van der Waals surface area contributed by atoms with E-state index >= 15 is 0 Å². The van der Waals surface area contributed by atoms with Crippen LogP contribution in [0.25, 0.3) is 0 Å². The molecule has 0 aliphatic rings. The SMILES string of the molecule is FC(CC(F)(F)F)C(F)(F)C(F)(F)Oc1cccc(Cl)c1OC(F)(F)C(F)(F)C(F)CC(F)(F)F. The van der Waals surface area contributed by atoms with Gasteiger partial charge in [0.1, 0.15) is 0 Å². The third-order valence-corrected chi connectivity index (χ3v) is 4.08. The Bertz CT molecular complexity index is 866. The van der Waals surface area contributed by atoms with E-state index in [-0.39, 0.29) is 6.07 Å². The van der Waals surface area contributed by atoms with Crippen LogP contribution in [0.2, 0.25) is 5.02 Å². The molecule has 0 aromatic heterocycles. The maximum Gasteiger partial charge on any atom is 0.467 e. The maximum absolute atomic E-state index is 13.8. The maximum atomic E-state index is 13.8. The fourth-order valence-corrected chi connectivity index (χ4v) is 2.30. The summed E-state index contributed by atoms with van der Waals surface area (Å²) in [5, 5.41) is -1.42. The summed E-state index contributed by atoms with van der Waals surface area (Å²) in [6, 6.07) is 0.816. The van der Waals surface area contributed by atoms with Crippen LogP contribution in [0, 0.1) is 0 Å². The number of halogens is 17. The van der Waals surface area contributed by atoms with Gasteiger partial charge in [0.2, 0.25) is 0 Å². The van der Waals surface area contributed by atoms with Crippen LogP contribution < -0.4 is 9.47 Å². The van der Waals surface area contributed by atoms with Crippen molar-refractivity contribution in [1.82, 2.24) is 0 Å². The molecule has 0 bridgehead atoms. The highest BCUT2D eigenvalue weighted by atomic mass is 35.5. The minimum absolute atomic E-state index is 0.0148. The van der Waals surface area contributed by atoms with Crippen LogP contribution in [-0.4, -0.2) is 48.8 Å². The van der Waals surface area contributed by atoms with Gasteiger partial charge in [0.15, 0.2) is 23.8 Å². The molecule has 2 nitrogen and oxygen atoms in total. The number of rotatable bonds is 10. The van der Waals surface area contributed by atoms with Crippen molar-refractivity contribution in [1.29, 1.82) is 0 Å². The smallest absolute Gasteiger partial charge is 0.424 e. The highest BCUT2D eigenvalue weighted by molar-refractivity contribution is 6.32. The molecule has 2 unspecified atom stereocenters. The third-order valence-electron chi connectivity index (χ3n) is 3.78. The first kappa shape index (κ1) is 31.0. The van der Waals surface area contributed by atoms with Crippen molar-refractivity contribution in [3.8, 4) is 11.5 Å². The average molecular weight is 573 g/mol. The van der Waals surface area contributed by atoms with Crippen molar-refractivity contribution in [2.45, 2.75) is 61.6 Å². The fourth-order valence-electron chi connectivity index (χ4n) is 2.10. The van der Waals surface area contributed by atoms with Crippen molar-refractivity contribution in [3.63, 3.8) is 0 Å². The van der Waals surface area contributed by atoms with Crippen molar-refractivity contribution >= 4 is 11.6 Å². The molecule has 204 valence electrons. The molecular weight excluding hydrogens is 564 g/mol. The summed E-state index contributed by atoms with van der Waals surface area (Å²) in [6.45, 7) is 0. The Morgan fingerprint density at radius 1 is 0.629 bits per heavy atom. The van der Waals surface area contributed by atoms with Crippen molar-refractivity contribution in [2.75, 3.05) is 0 Å². The number of ether oxygens (including phenoxy) is 2. The summed E-state index contributed by atoms with van der Waals surface area (Å²) in [7, 11) is 0. The highest BCUT2D eigenvalue weighted by Crippen LogP contribution is 2.49. The minimum atomic E-state index is -6.33. The van der Waals surface area contributed by atoms with E-state index in [4.69, 9.17) is 11.6 Å². The molecule has 1 aromatic carbocycles. The summed E-state index contributed by atoms with van der Waals surface area (Å²) >= 11 is 5.25. The molecule has 35 heavy (non-hydrogen) atoms. The number of hydrogen-bond acceptors (Lipinski definition) is 2. The molecule has 0 spiro atoms. The van der Waals surface area contributed by atoms with Gasteiger partial charge in [0.05, 0.1) is 17.9 Å². The van der Waals surface area contributed by atoms with Crippen LogP contribution in [0.15, 0.2) is 18.2 Å². The van der Waals surface area contributed by atoms with Crippen LogP contribution in [0.5, 0.6) is 11.5 Å². The number of benzene rings is 1. The van der Waals surface area contributed by atoms with E-state index in [9.17, 15) is 70.2 Å². The largest absolute Gasteiger partial charge is 0.467 e. The van der Waals surface area contributed by atoms with E-state index in [1.54, 1.807) is 0 Å². The van der Waals surface area contributed by atoms with Gasteiger partial charge in [0, 0.05) is 0 Å². The predicted molar refractivity (Wildman–Crippen MR) is 83.6 cm³/mol. The van der Waals surface area contributed by atoms with Gasteiger partial charge in [-0.05, 0) is 12.1 Å². The molecule has 0 heterocycles. The van der Waals surface area contributed by atoms with Gasteiger partial charge in [-0.2, -0.15) is 61.5 Å². The second-order valence-corrected chi connectivity index (χ2v) is 7.03. The lowest BCUT2D eigenvalue weighted by atomic mass is 10.1. The summed E-state index contributed by atoms with van der Waals surface area (Å²) < 4.78 is 215. The minimum Gasteiger partial charge on any atom is -0.424 e. The quantitative estimate of drug-likeness (QED) is 0.264. The molecular formula is C16H9ClF16O2. The third kappa shape index (κ3) is 7.49. The van der Waals surface area contributed by atoms with E-state index in [1.807, 2.05) is 0 Å². The standard InChI is InChI=1S/C16H9ClF16O2/c17-6-2-1-3-7(34-15(30,31)13(26,27)8(18)4-11(20,21)22)10(6)35-16(32,33)14(28,29)9(19)5-12(23,24)25/h1-3,8-9H,4-5H2. The lowest BCUT2D eigenvalue weighted by molar-refractivity contribution is -0.341. The van der Waals surface area contributed by atoms with Crippen molar-refractivity contribution in [3.05, 3.63) is 23.2 Å².